The minimum Gasteiger partial charge on any atom is -0.490 e. The summed E-state index contributed by atoms with van der Waals surface area (Å²) >= 11 is 1.67. The first-order valence-corrected chi connectivity index (χ1v) is 7.34. The van der Waals surface area contributed by atoms with Crippen molar-refractivity contribution < 1.29 is 4.74 Å². The van der Waals surface area contributed by atoms with Gasteiger partial charge >= 0.3 is 0 Å². The second kappa shape index (κ2) is 7.04. The highest BCUT2D eigenvalue weighted by atomic mass is 32.1. The number of aromatic nitrogens is 3. The lowest BCUT2D eigenvalue weighted by atomic mass is 10.4. The van der Waals surface area contributed by atoms with E-state index in [1.165, 1.54) is 6.33 Å². The van der Waals surface area contributed by atoms with Gasteiger partial charge in [-0.1, -0.05) is 6.92 Å². The summed E-state index contributed by atoms with van der Waals surface area (Å²) in [4.78, 5) is 13.8. The third kappa shape index (κ3) is 3.57. The molecular formula is C13H19N5OS. The summed E-state index contributed by atoms with van der Waals surface area (Å²) in [5, 5.41) is 7.55. The van der Waals surface area contributed by atoms with E-state index in [2.05, 4.69) is 32.5 Å². The highest BCUT2D eigenvalue weighted by Crippen LogP contribution is 2.29. The molecule has 7 heteroatoms. The SMILES string of the molecule is CCCNc1ncnc(NCc2cnc(C)s2)c1OC. The van der Waals surface area contributed by atoms with E-state index in [1.807, 2.05) is 13.1 Å². The number of hydrogen-bond donors (Lipinski definition) is 2. The maximum absolute atomic E-state index is 5.40. The van der Waals surface area contributed by atoms with Crippen LogP contribution in [-0.2, 0) is 6.54 Å². The average molecular weight is 293 g/mol. The maximum Gasteiger partial charge on any atom is 0.204 e. The Morgan fingerprint density at radius 3 is 2.55 bits per heavy atom. The van der Waals surface area contributed by atoms with Gasteiger partial charge in [0.05, 0.1) is 18.7 Å². The minimum absolute atomic E-state index is 0.641. The van der Waals surface area contributed by atoms with Gasteiger partial charge in [-0.3, -0.25) is 0 Å². The molecule has 0 saturated carbocycles. The van der Waals surface area contributed by atoms with E-state index in [0.717, 1.165) is 22.9 Å². The van der Waals surface area contributed by atoms with Gasteiger partial charge in [-0.25, -0.2) is 15.0 Å². The first-order chi connectivity index (χ1) is 9.74. The minimum atomic E-state index is 0.641. The molecule has 0 aliphatic carbocycles. The number of methoxy groups -OCH3 is 1. The summed E-state index contributed by atoms with van der Waals surface area (Å²) in [6.07, 6.45) is 4.42. The second-order valence-corrected chi connectivity index (χ2v) is 5.55. The smallest absolute Gasteiger partial charge is 0.204 e. The summed E-state index contributed by atoms with van der Waals surface area (Å²) < 4.78 is 5.40. The molecule has 0 bridgehead atoms. The molecule has 2 aromatic rings. The lowest BCUT2D eigenvalue weighted by molar-refractivity contribution is 0.414. The maximum atomic E-state index is 5.40. The molecule has 0 saturated heterocycles. The molecule has 6 nitrogen and oxygen atoms in total. The van der Waals surface area contributed by atoms with Gasteiger partial charge in [-0.2, -0.15) is 0 Å². The first kappa shape index (κ1) is 14.5. The molecule has 20 heavy (non-hydrogen) atoms. The van der Waals surface area contributed by atoms with Crippen LogP contribution in [-0.4, -0.2) is 28.6 Å². The highest BCUT2D eigenvalue weighted by Gasteiger charge is 2.11. The van der Waals surface area contributed by atoms with Gasteiger partial charge in [0, 0.05) is 17.6 Å². The van der Waals surface area contributed by atoms with E-state index < -0.39 is 0 Å². The molecule has 2 rings (SSSR count). The third-order valence-electron chi connectivity index (χ3n) is 2.65. The molecule has 0 amide bonds. The van der Waals surface area contributed by atoms with Crippen molar-refractivity contribution in [3.63, 3.8) is 0 Å². The second-order valence-electron chi connectivity index (χ2n) is 4.23. The molecule has 108 valence electrons. The van der Waals surface area contributed by atoms with Crippen molar-refractivity contribution in [2.75, 3.05) is 24.3 Å². The average Bonchev–Trinajstić information content (AvgIpc) is 2.88. The summed E-state index contributed by atoms with van der Waals surface area (Å²) in [5.74, 6) is 2.04. The molecule has 0 fully saturated rings. The molecule has 0 aromatic carbocycles. The zero-order chi connectivity index (χ0) is 14.4. The molecule has 2 N–H and O–H groups in total. The van der Waals surface area contributed by atoms with Crippen molar-refractivity contribution in [2.45, 2.75) is 26.8 Å². The van der Waals surface area contributed by atoms with Gasteiger partial charge in [0.2, 0.25) is 5.75 Å². The number of nitrogens with zero attached hydrogens (tertiary/aromatic N) is 3. The molecule has 2 heterocycles. The lowest BCUT2D eigenvalue weighted by Crippen LogP contribution is -2.08. The Balaban J connectivity index is 2.10. The molecule has 0 aliphatic rings. The van der Waals surface area contributed by atoms with Gasteiger partial charge in [0.15, 0.2) is 11.6 Å². The lowest BCUT2D eigenvalue weighted by Gasteiger charge is -2.13. The van der Waals surface area contributed by atoms with E-state index in [1.54, 1.807) is 18.4 Å². The number of anilines is 2. The van der Waals surface area contributed by atoms with Crippen LogP contribution < -0.4 is 15.4 Å². The van der Waals surface area contributed by atoms with Crippen LogP contribution in [0.4, 0.5) is 11.6 Å². The number of rotatable bonds is 7. The zero-order valence-corrected chi connectivity index (χ0v) is 12.8. The van der Waals surface area contributed by atoms with E-state index in [0.29, 0.717) is 23.9 Å². The fourth-order valence-electron chi connectivity index (χ4n) is 1.72. The summed E-state index contributed by atoms with van der Waals surface area (Å²) in [7, 11) is 1.62. The van der Waals surface area contributed by atoms with Gasteiger partial charge in [0.1, 0.15) is 6.33 Å². The van der Waals surface area contributed by atoms with Crippen LogP contribution >= 0.6 is 11.3 Å². The Hall–Kier alpha value is -1.89. The Bertz CT molecular complexity index is 557. The Morgan fingerprint density at radius 2 is 1.95 bits per heavy atom. The van der Waals surface area contributed by atoms with Crippen LogP contribution in [0, 0.1) is 6.92 Å². The van der Waals surface area contributed by atoms with Crippen LogP contribution in [0.3, 0.4) is 0 Å². The molecule has 0 radical (unpaired) electrons. The number of ether oxygens (including phenoxy) is 1. The fraction of sp³-hybridized carbons (Fsp3) is 0.462. The van der Waals surface area contributed by atoms with Crippen molar-refractivity contribution in [2.24, 2.45) is 0 Å². The molecule has 0 aliphatic heterocycles. The van der Waals surface area contributed by atoms with Gasteiger partial charge in [-0.15, -0.1) is 11.3 Å². The molecular weight excluding hydrogens is 274 g/mol. The largest absolute Gasteiger partial charge is 0.490 e. The Morgan fingerprint density at radius 1 is 1.20 bits per heavy atom. The van der Waals surface area contributed by atoms with E-state index in [9.17, 15) is 0 Å². The van der Waals surface area contributed by atoms with E-state index in [4.69, 9.17) is 4.74 Å². The summed E-state index contributed by atoms with van der Waals surface area (Å²) in [6, 6.07) is 0. The topological polar surface area (TPSA) is 72.0 Å². The predicted octanol–water partition coefficient (Wildman–Crippen LogP) is 2.68. The molecule has 0 spiro atoms. The van der Waals surface area contributed by atoms with Gasteiger partial charge in [-0.05, 0) is 13.3 Å². The van der Waals surface area contributed by atoms with Crippen molar-refractivity contribution in [3.8, 4) is 5.75 Å². The van der Waals surface area contributed by atoms with Gasteiger partial charge in [0.25, 0.3) is 0 Å². The van der Waals surface area contributed by atoms with Crippen LogP contribution in [0.5, 0.6) is 5.75 Å². The van der Waals surface area contributed by atoms with Crippen molar-refractivity contribution in [3.05, 3.63) is 22.4 Å². The van der Waals surface area contributed by atoms with Crippen molar-refractivity contribution in [1.82, 2.24) is 15.0 Å². The van der Waals surface area contributed by atoms with E-state index >= 15 is 0 Å². The van der Waals surface area contributed by atoms with Gasteiger partial charge < -0.3 is 15.4 Å². The first-order valence-electron chi connectivity index (χ1n) is 6.52. The van der Waals surface area contributed by atoms with Crippen LogP contribution in [0.15, 0.2) is 12.5 Å². The Kier molecular flexibility index (Phi) is 5.11. The van der Waals surface area contributed by atoms with Crippen molar-refractivity contribution in [1.29, 1.82) is 0 Å². The Labute approximate surface area is 122 Å². The highest BCUT2D eigenvalue weighted by molar-refractivity contribution is 7.11. The molecule has 2 aromatic heterocycles. The number of aryl methyl sites for hydroxylation is 1. The standard InChI is InChI=1S/C13H19N5OS/c1-4-5-14-12-11(19-3)13(18-8-17-12)16-7-10-6-15-9(2)20-10/h6,8H,4-5,7H2,1-3H3,(H2,14,16,17,18). The predicted molar refractivity (Wildman–Crippen MR) is 81.5 cm³/mol. The monoisotopic (exact) mass is 293 g/mol. The normalized spacial score (nSPS) is 10.3. The van der Waals surface area contributed by atoms with Crippen LogP contribution in [0.25, 0.3) is 0 Å². The van der Waals surface area contributed by atoms with Crippen molar-refractivity contribution >= 4 is 23.0 Å². The quantitative estimate of drug-likeness (QED) is 0.818. The van der Waals surface area contributed by atoms with Crippen LogP contribution in [0.2, 0.25) is 0 Å². The zero-order valence-electron chi connectivity index (χ0n) is 11.9. The number of thiazole rings is 1. The van der Waals surface area contributed by atoms with Crippen LogP contribution in [0.1, 0.15) is 23.2 Å². The molecule has 0 unspecified atom stereocenters. The third-order valence-corrected chi connectivity index (χ3v) is 3.56. The summed E-state index contributed by atoms with van der Waals surface area (Å²) in [5.41, 5.74) is 0. The fourth-order valence-corrected chi connectivity index (χ4v) is 2.45. The molecule has 0 atom stereocenters. The number of hydrogen-bond acceptors (Lipinski definition) is 7. The number of nitrogens with one attached hydrogen (secondary N) is 2. The van der Waals surface area contributed by atoms with E-state index in [-0.39, 0.29) is 0 Å². The summed E-state index contributed by atoms with van der Waals surface area (Å²) in [6.45, 7) is 5.62.